The molecule has 72 valence electrons. The van der Waals surface area contributed by atoms with E-state index in [1.165, 1.54) is 11.3 Å². The molecule has 0 aliphatic rings. The largest absolute Gasteiger partial charge is 0.378 e. The van der Waals surface area contributed by atoms with Crippen LogP contribution in [0.25, 0.3) is 0 Å². The van der Waals surface area contributed by atoms with Crippen molar-refractivity contribution >= 4 is 17.1 Å². The van der Waals surface area contributed by atoms with E-state index >= 15 is 0 Å². The summed E-state index contributed by atoms with van der Waals surface area (Å²) in [4.78, 5) is 15.5. The van der Waals surface area contributed by atoms with Crippen molar-refractivity contribution in [3.63, 3.8) is 0 Å². The lowest BCUT2D eigenvalue weighted by Crippen LogP contribution is -2.26. The van der Waals surface area contributed by atoms with Gasteiger partial charge in [-0.25, -0.2) is 4.98 Å². The molecule has 1 N–H and O–H groups in total. The third-order valence-electron chi connectivity index (χ3n) is 1.67. The SMILES string of the molecule is CC(C)(C)C(=O)C(O)c1nccs1. The normalized spacial score (nSPS) is 14.2. The number of ketones is 1. The van der Waals surface area contributed by atoms with Crippen LogP contribution in [0, 0.1) is 5.41 Å². The van der Waals surface area contributed by atoms with Crippen molar-refractivity contribution in [1.29, 1.82) is 0 Å². The van der Waals surface area contributed by atoms with Crippen LogP contribution in [-0.4, -0.2) is 15.9 Å². The number of aromatic nitrogens is 1. The van der Waals surface area contributed by atoms with Gasteiger partial charge in [0, 0.05) is 17.0 Å². The maximum atomic E-state index is 11.6. The lowest BCUT2D eigenvalue weighted by atomic mass is 9.88. The highest BCUT2D eigenvalue weighted by Gasteiger charge is 2.30. The molecule has 0 amide bonds. The van der Waals surface area contributed by atoms with Gasteiger partial charge in [0.15, 0.2) is 11.9 Å². The third kappa shape index (κ3) is 2.35. The van der Waals surface area contributed by atoms with E-state index in [1.54, 1.807) is 32.3 Å². The number of carbonyl (C=O) groups excluding carboxylic acids is 1. The molecule has 0 saturated heterocycles. The maximum Gasteiger partial charge on any atom is 0.173 e. The topological polar surface area (TPSA) is 50.2 Å². The average Bonchev–Trinajstić information content (AvgIpc) is 2.51. The number of Topliss-reactive ketones (excluding diaryl/α,β-unsaturated/α-hetero) is 1. The lowest BCUT2D eigenvalue weighted by molar-refractivity contribution is -0.135. The summed E-state index contributed by atoms with van der Waals surface area (Å²) in [6.07, 6.45) is 0.513. The fourth-order valence-electron chi connectivity index (χ4n) is 0.892. The Hall–Kier alpha value is -0.740. The van der Waals surface area contributed by atoms with E-state index in [-0.39, 0.29) is 5.78 Å². The molecule has 0 bridgehead atoms. The van der Waals surface area contributed by atoms with Crippen molar-refractivity contribution in [3.05, 3.63) is 16.6 Å². The minimum absolute atomic E-state index is 0.192. The molecule has 1 aromatic rings. The molecule has 1 heterocycles. The van der Waals surface area contributed by atoms with E-state index in [1.807, 2.05) is 0 Å². The zero-order chi connectivity index (χ0) is 10.1. The molecule has 3 nitrogen and oxygen atoms in total. The monoisotopic (exact) mass is 199 g/mol. The van der Waals surface area contributed by atoms with E-state index in [9.17, 15) is 9.90 Å². The van der Waals surface area contributed by atoms with Crippen LogP contribution in [0.2, 0.25) is 0 Å². The second-order valence-electron chi connectivity index (χ2n) is 3.89. The van der Waals surface area contributed by atoms with E-state index < -0.39 is 11.5 Å². The van der Waals surface area contributed by atoms with Crippen LogP contribution in [0.3, 0.4) is 0 Å². The van der Waals surface area contributed by atoms with Crippen LogP contribution >= 0.6 is 11.3 Å². The van der Waals surface area contributed by atoms with E-state index in [0.29, 0.717) is 5.01 Å². The summed E-state index contributed by atoms with van der Waals surface area (Å²) in [7, 11) is 0. The zero-order valence-electron chi connectivity index (χ0n) is 7.94. The first-order valence-corrected chi connectivity index (χ1v) is 4.92. The Balaban J connectivity index is 2.81. The molecule has 0 aromatic carbocycles. The molecule has 1 rings (SSSR count). The molecule has 13 heavy (non-hydrogen) atoms. The number of hydrogen-bond acceptors (Lipinski definition) is 4. The first-order valence-electron chi connectivity index (χ1n) is 4.04. The maximum absolute atomic E-state index is 11.6. The van der Waals surface area contributed by atoms with Crippen LogP contribution in [0.5, 0.6) is 0 Å². The Labute approximate surface area is 81.4 Å². The summed E-state index contributed by atoms with van der Waals surface area (Å²) in [6.45, 7) is 5.35. The Morgan fingerprint density at radius 3 is 2.62 bits per heavy atom. The summed E-state index contributed by atoms with van der Waals surface area (Å²) in [6, 6.07) is 0. The number of hydrogen-bond donors (Lipinski definition) is 1. The van der Waals surface area contributed by atoms with Gasteiger partial charge in [-0.15, -0.1) is 11.3 Å². The smallest absolute Gasteiger partial charge is 0.173 e. The van der Waals surface area contributed by atoms with Crippen molar-refractivity contribution in [2.24, 2.45) is 5.41 Å². The Bertz CT molecular complexity index is 287. The van der Waals surface area contributed by atoms with Crippen LogP contribution in [0.4, 0.5) is 0 Å². The molecule has 0 aliphatic heterocycles. The summed E-state index contributed by atoms with van der Waals surface area (Å²) in [5.74, 6) is -0.192. The first-order chi connectivity index (χ1) is 5.93. The molecular weight excluding hydrogens is 186 g/mol. The Morgan fingerprint density at radius 2 is 2.23 bits per heavy atom. The fraction of sp³-hybridized carbons (Fsp3) is 0.556. The van der Waals surface area contributed by atoms with Gasteiger partial charge in [-0.2, -0.15) is 0 Å². The van der Waals surface area contributed by atoms with Crippen molar-refractivity contribution in [3.8, 4) is 0 Å². The molecule has 0 spiro atoms. The highest BCUT2D eigenvalue weighted by molar-refractivity contribution is 7.09. The second kappa shape index (κ2) is 3.55. The van der Waals surface area contributed by atoms with Gasteiger partial charge in [0.1, 0.15) is 5.01 Å². The van der Waals surface area contributed by atoms with Crippen LogP contribution in [0.1, 0.15) is 31.9 Å². The fourth-order valence-corrected chi connectivity index (χ4v) is 1.51. The molecular formula is C9H13NO2S. The number of rotatable bonds is 2. The summed E-state index contributed by atoms with van der Waals surface area (Å²) < 4.78 is 0. The average molecular weight is 199 g/mol. The van der Waals surface area contributed by atoms with Gasteiger partial charge in [-0.05, 0) is 0 Å². The van der Waals surface area contributed by atoms with Crippen molar-refractivity contribution in [2.75, 3.05) is 0 Å². The molecule has 1 atom stereocenters. The highest BCUT2D eigenvalue weighted by atomic mass is 32.1. The van der Waals surface area contributed by atoms with Gasteiger partial charge >= 0.3 is 0 Å². The lowest BCUT2D eigenvalue weighted by Gasteiger charge is -2.19. The zero-order valence-corrected chi connectivity index (χ0v) is 8.76. The van der Waals surface area contributed by atoms with Gasteiger partial charge in [-0.1, -0.05) is 20.8 Å². The van der Waals surface area contributed by atoms with Crippen molar-refractivity contribution in [2.45, 2.75) is 26.9 Å². The minimum Gasteiger partial charge on any atom is -0.378 e. The number of aliphatic hydroxyl groups is 1. The predicted octanol–water partition coefficient (Wildman–Crippen LogP) is 1.79. The Morgan fingerprint density at radius 1 is 1.62 bits per heavy atom. The number of aliphatic hydroxyl groups excluding tert-OH is 1. The van der Waals surface area contributed by atoms with Crippen LogP contribution < -0.4 is 0 Å². The van der Waals surface area contributed by atoms with Gasteiger partial charge in [-0.3, -0.25) is 4.79 Å². The molecule has 1 aromatic heterocycles. The first kappa shape index (κ1) is 10.3. The van der Waals surface area contributed by atoms with Gasteiger partial charge in [0.2, 0.25) is 0 Å². The molecule has 1 unspecified atom stereocenters. The number of thiazole rings is 1. The van der Waals surface area contributed by atoms with E-state index in [2.05, 4.69) is 4.98 Å². The third-order valence-corrected chi connectivity index (χ3v) is 2.50. The van der Waals surface area contributed by atoms with E-state index in [0.717, 1.165) is 0 Å². The quantitative estimate of drug-likeness (QED) is 0.790. The summed E-state index contributed by atoms with van der Waals surface area (Å²) in [5, 5.41) is 11.8. The summed E-state index contributed by atoms with van der Waals surface area (Å²) >= 11 is 1.29. The molecule has 0 saturated carbocycles. The minimum atomic E-state index is -1.07. The molecule has 0 fully saturated rings. The predicted molar refractivity (Wildman–Crippen MR) is 51.5 cm³/mol. The van der Waals surface area contributed by atoms with Crippen LogP contribution in [0.15, 0.2) is 11.6 Å². The van der Waals surface area contributed by atoms with Crippen molar-refractivity contribution in [1.82, 2.24) is 4.98 Å². The van der Waals surface area contributed by atoms with E-state index in [4.69, 9.17) is 0 Å². The van der Waals surface area contributed by atoms with Gasteiger partial charge in [0.25, 0.3) is 0 Å². The van der Waals surface area contributed by atoms with Crippen LogP contribution in [-0.2, 0) is 4.79 Å². The molecule has 0 aliphatic carbocycles. The highest BCUT2D eigenvalue weighted by Crippen LogP contribution is 2.26. The number of nitrogens with zero attached hydrogens (tertiary/aromatic N) is 1. The Kier molecular flexibility index (Phi) is 2.83. The molecule has 0 radical (unpaired) electrons. The van der Waals surface area contributed by atoms with Crippen molar-refractivity contribution < 1.29 is 9.90 Å². The standard InChI is InChI=1S/C9H13NO2S/c1-9(2,3)7(12)6(11)8-10-4-5-13-8/h4-6,11H,1-3H3. The van der Waals surface area contributed by atoms with Gasteiger partial charge < -0.3 is 5.11 Å². The summed E-state index contributed by atoms with van der Waals surface area (Å²) in [5.41, 5.74) is -0.523. The molecule has 4 heteroatoms. The second-order valence-corrected chi connectivity index (χ2v) is 4.81. The number of carbonyl (C=O) groups is 1. The van der Waals surface area contributed by atoms with Gasteiger partial charge in [0.05, 0.1) is 0 Å².